The number of H-pyrrole nitrogens is 1. The lowest BCUT2D eigenvalue weighted by atomic mass is 10.2. The van der Waals surface area contributed by atoms with E-state index < -0.39 is 26.9 Å². The Morgan fingerprint density at radius 3 is 2.79 bits per heavy atom. The van der Waals surface area contributed by atoms with Gasteiger partial charge in [-0.15, -0.1) is 0 Å². The summed E-state index contributed by atoms with van der Waals surface area (Å²) in [4.78, 5) is 10.4. The number of aromatic nitrogens is 3. The predicted molar refractivity (Wildman–Crippen MR) is 66.1 cm³/mol. The zero-order valence-corrected chi connectivity index (χ0v) is 11.0. The van der Waals surface area contributed by atoms with Gasteiger partial charge in [0.05, 0.1) is 6.04 Å². The highest BCUT2D eigenvalue weighted by Crippen LogP contribution is 2.17. The number of halogens is 1. The Labute approximate surface area is 110 Å². The van der Waals surface area contributed by atoms with Gasteiger partial charge in [0.1, 0.15) is 5.82 Å². The van der Waals surface area contributed by atoms with E-state index in [0.29, 0.717) is 12.2 Å². The minimum absolute atomic E-state index is 0.473. The number of nitrogens with zero attached hydrogens (tertiary/aromatic N) is 2. The molecule has 0 saturated heterocycles. The average molecular weight is 284 g/mol. The number of rotatable bonds is 5. The Morgan fingerprint density at radius 2 is 2.21 bits per heavy atom. The van der Waals surface area contributed by atoms with Gasteiger partial charge in [0.2, 0.25) is 5.03 Å². The molecule has 2 heterocycles. The van der Waals surface area contributed by atoms with Crippen LogP contribution in [0.5, 0.6) is 0 Å². The molecule has 2 aromatic rings. The summed E-state index contributed by atoms with van der Waals surface area (Å²) in [6, 6.07) is 1.83. The van der Waals surface area contributed by atoms with Gasteiger partial charge in [-0.1, -0.05) is 6.92 Å². The van der Waals surface area contributed by atoms with Crippen LogP contribution in [0.15, 0.2) is 35.7 Å². The van der Waals surface area contributed by atoms with Crippen LogP contribution in [0.2, 0.25) is 0 Å². The maximum atomic E-state index is 13.5. The molecule has 102 valence electrons. The van der Waals surface area contributed by atoms with Gasteiger partial charge in [0.25, 0.3) is 10.0 Å². The molecule has 0 aromatic carbocycles. The first-order valence-corrected chi connectivity index (χ1v) is 7.15. The molecule has 19 heavy (non-hydrogen) atoms. The van der Waals surface area contributed by atoms with Gasteiger partial charge in [-0.2, -0.15) is 4.72 Å². The normalized spacial score (nSPS) is 13.4. The summed E-state index contributed by atoms with van der Waals surface area (Å²) >= 11 is 0. The van der Waals surface area contributed by atoms with E-state index in [-0.39, 0.29) is 0 Å². The zero-order valence-electron chi connectivity index (χ0n) is 10.2. The molecule has 0 fully saturated rings. The lowest BCUT2D eigenvalue weighted by Crippen LogP contribution is -2.30. The fraction of sp³-hybridized carbons (Fsp3) is 0.273. The summed E-state index contributed by atoms with van der Waals surface area (Å²) < 4.78 is 40.0. The van der Waals surface area contributed by atoms with Gasteiger partial charge in [-0.3, -0.25) is 0 Å². The summed E-state index contributed by atoms with van der Waals surface area (Å²) in [7, 11) is -4.02. The van der Waals surface area contributed by atoms with E-state index in [4.69, 9.17) is 0 Å². The van der Waals surface area contributed by atoms with E-state index in [0.717, 1.165) is 6.07 Å². The number of hydrogen-bond acceptors (Lipinski definition) is 4. The second kappa shape index (κ2) is 5.45. The first-order chi connectivity index (χ1) is 9.04. The second-order valence-corrected chi connectivity index (χ2v) is 5.48. The van der Waals surface area contributed by atoms with Crippen LogP contribution in [0.1, 0.15) is 25.2 Å². The molecule has 1 atom stereocenters. The van der Waals surface area contributed by atoms with Crippen LogP contribution in [-0.2, 0) is 10.0 Å². The molecule has 0 spiro atoms. The molecule has 8 heteroatoms. The number of imidazole rings is 1. The third kappa shape index (κ3) is 2.96. The van der Waals surface area contributed by atoms with Crippen LogP contribution in [0, 0.1) is 5.82 Å². The molecule has 0 radical (unpaired) electrons. The Morgan fingerprint density at radius 1 is 1.42 bits per heavy atom. The molecule has 6 nitrogen and oxygen atoms in total. The highest BCUT2D eigenvalue weighted by atomic mass is 32.2. The topological polar surface area (TPSA) is 87.7 Å². The number of aromatic amines is 1. The van der Waals surface area contributed by atoms with Crippen LogP contribution >= 0.6 is 0 Å². The van der Waals surface area contributed by atoms with Crippen LogP contribution < -0.4 is 4.72 Å². The van der Waals surface area contributed by atoms with Crippen LogP contribution in [0.4, 0.5) is 4.39 Å². The standard InChI is InChI=1S/C11H13FN4O2S/c1-2-9(10-13-6-7-14-10)16-19(17,18)11-8(12)4-3-5-15-11/h3-7,9,16H,2H2,1H3,(H,13,14). The quantitative estimate of drug-likeness (QED) is 0.868. The molecular formula is C11H13FN4O2S. The summed E-state index contributed by atoms with van der Waals surface area (Å²) in [5.41, 5.74) is 0. The fourth-order valence-corrected chi connectivity index (χ4v) is 2.90. The zero-order chi connectivity index (χ0) is 13.9. The van der Waals surface area contributed by atoms with Crippen molar-refractivity contribution in [3.63, 3.8) is 0 Å². The molecule has 1 unspecified atom stereocenters. The first-order valence-electron chi connectivity index (χ1n) is 5.66. The van der Waals surface area contributed by atoms with Gasteiger partial charge in [-0.25, -0.2) is 22.8 Å². The lowest BCUT2D eigenvalue weighted by molar-refractivity contribution is 0.519. The maximum Gasteiger partial charge on any atom is 0.261 e. The van der Waals surface area contributed by atoms with Crippen molar-refractivity contribution >= 4 is 10.0 Å². The van der Waals surface area contributed by atoms with Gasteiger partial charge < -0.3 is 4.98 Å². The molecule has 2 N–H and O–H groups in total. The Bertz CT molecular complexity index is 642. The summed E-state index contributed by atoms with van der Waals surface area (Å²) in [6.07, 6.45) is 4.81. The third-order valence-corrected chi connectivity index (χ3v) is 3.94. The van der Waals surface area contributed by atoms with Crippen LogP contribution in [-0.4, -0.2) is 23.4 Å². The van der Waals surface area contributed by atoms with Crippen molar-refractivity contribution in [3.05, 3.63) is 42.4 Å². The molecule has 2 rings (SSSR count). The van der Waals surface area contributed by atoms with Gasteiger partial charge >= 0.3 is 0 Å². The van der Waals surface area contributed by atoms with E-state index in [1.807, 2.05) is 0 Å². The van der Waals surface area contributed by atoms with E-state index >= 15 is 0 Å². The summed E-state index contributed by atoms with van der Waals surface area (Å²) in [5, 5.41) is -0.611. The van der Waals surface area contributed by atoms with Crippen molar-refractivity contribution in [1.29, 1.82) is 0 Å². The molecular weight excluding hydrogens is 271 g/mol. The van der Waals surface area contributed by atoms with Gasteiger partial charge in [0.15, 0.2) is 5.82 Å². The summed E-state index contributed by atoms with van der Waals surface area (Å²) in [6.45, 7) is 1.80. The third-order valence-electron chi connectivity index (χ3n) is 2.53. The smallest absolute Gasteiger partial charge is 0.261 e. The van der Waals surface area contributed by atoms with Gasteiger partial charge in [-0.05, 0) is 18.6 Å². The van der Waals surface area contributed by atoms with Crippen molar-refractivity contribution in [2.75, 3.05) is 0 Å². The van der Waals surface area contributed by atoms with E-state index in [1.54, 1.807) is 13.1 Å². The molecule has 0 aliphatic heterocycles. The first kappa shape index (κ1) is 13.6. The van der Waals surface area contributed by atoms with Crippen molar-refractivity contribution in [1.82, 2.24) is 19.7 Å². The Kier molecular flexibility index (Phi) is 3.91. The number of hydrogen-bond donors (Lipinski definition) is 2. The average Bonchev–Trinajstić information content (AvgIpc) is 2.90. The predicted octanol–water partition coefficient (Wildman–Crippen LogP) is 1.37. The highest BCUT2D eigenvalue weighted by Gasteiger charge is 2.25. The van der Waals surface area contributed by atoms with Crippen molar-refractivity contribution < 1.29 is 12.8 Å². The van der Waals surface area contributed by atoms with E-state index in [9.17, 15) is 12.8 Å². The second-order valence-electron chi connectivity index (χ2n) is 3.85. The van der Waals surface area contributed by atoms with Crippen molar-refractivity contribution in [2.24, 2.45) is 0 Å². The van der Waals surface area contributed by atoms with Crippen LogP contribution in [0.25, 0.3) is 0 Å². The lowest BCUT2D eigenvalue weighted by Gasteiger charge is -2.14. The number of pyridine rings is 1. The van der Waals surface area contributed by atoms with Gasteiger partial charge in [0, 0.05) is 18.6 Å². The minimum Gasteiger partial charge on any atom is -0.347 e. The maximum absolute atomic E-state index is 13.5. The Balaban J connectivity index is 2.29. The molecule has 0 aliphatic carbocycles. The van der Waals surface area contributed by atoms with Crippen LogP contribution in [0.3, 0.4) is 0 Å². The van der Waals surface area contributed by atoms with Crippen molar-refractivity contribution in [2.45, 2.75) is 24.4 Å². The number of nitrogens with one attached hydrogen (secondary N) is 2. The molecule has 0 aliphatic rings. The fourth-order valence-electron chi connectivity index (χ4n) is 1.61. The molecule has 0 bridgehead atoms. The monoisotopic (exact) mass is 284 g/mol. The Hall–Kier alpha value is -1.80. The molecule has 0 amide bonds. The minimum atomic E-state index is -4.02. The SMILES string of the molecule is CCC(NS(=O)(=O)c1ncccc1F)c1ncc[nH]1. The van der Waals surface area contributed by atoms with Crippen molar-refractivity contribution in [3.8, 4) is 0 Å². The molecule has 2 aromatic heterocycles. The number of sulfonamides is 1. The van der Waals surface area contributed by atoms with E-state index in [2.05, 4.69) is 19.7 Å². The molecule has 0 saturated carbocycles. The largest absolute Gasteiger partial charge is 0.347 e. The highest BCUT2D eigenvalue weighted by molar-refractivity contribution is 7.89. The summed E-state index contributed by atoms with van der Waals surface area (Å²) in [5.74, 6) is -0.410. The van der Waals surface area contributed by atoms with E-state index in [1.165, 1.54) is 18.5 Å².